The van der Waals surface area contributed by atoms with Gasteiger partial charge in [0.05, 0.1) is 6.61 Å². The molecule has 16 heavy (non-hydrogen) atoms. The third-order valence-corrected chi connectivity index (χ3v) is 2.73. The normalized spacial score (nSPS) is 14.8. The first kappa shape index (κ1) is 13.2. The molecule has 0 heterocycles. The summed E-state index contributed by atoms with van der Waals surface area (Å²) in [5, 5.41) is 9.12. The minimum absolute atomic E-state index is 0.0455. The molecule has 2 atom stereocenters. The molecule has 1 aromatic rings. The zero-order valence-electron chi connectivity index (χ0n) is 10.1. The van der Waals surface area contributed by atoms with E-state index in [-0.39, 0.29) is 18.6 Å². The molecular weight excluding hydrogens is 204 g/mol. The van der Waals surface area contributed by atoms with E-state index in [1.807, 2.05) is 25.1 Å². The van der Waals surface area contributed by atoms with Crippen molar-refractivity contribution in [2.75, 3.05) is 27.4 Å². The summed E-state index contributed by atoms with van der Waals surface area (Å²) < 4.78 is 10.5. The molecule has 1 N–H and O–H groups in total. The number of hydrogen-bond donors (Lipinski definition) is 1. The Labute approximate surface area is 97.0 Å². The first-order valence-corrected chi connectivity index (χ1v) is 5.45. The maximum atomic E-state index is 9.12. The molecule has 0 saturated carbocycles. The largest absolute Gasteiger partial charge is 0.396 e. The van der Waals surface area contributed by atoms with Crippen molar-refractivity contribution in [2.45, 2.75) is 18.9 Å². The van der Waals surface area contributed by atoms with Gasteiger partial charge in [-0.05, 0) is 11.1 Å². The van der Waals surface area contributed by atoms with Crippen LogP contribution in [0.5, 0.6) is 0 Å². The quantitative estimate of drug-likeness (QED) is 0.804. The van der Waals surface area contributed by atoms with Crippen LogP contribution >= 0.6 is 0 Å². The van der Waals surface area contributed by atoms with Crippen LogP contribution in [0.25, 0.3) is 0 Å². The van der Waals surface area contributed by atoms with Crippen LogP contribution in [0.2, 0.25) is 0 Å². The molecule has 2 unspecified atom stereocenters. The molecule has 0 aromatic heterocycles. The second-order valence-electron chi connectivity index (χ2n) is 3.93. The molecule has 3 nitrogen and oxygen atoms in total. The van der Waals surface area contributed by atoms with Crippen molar-refractivity contribution in [1.29, 1.82) is 0 Å². The third kappa shape index (κ3) is 3.30. The van der Waals surface area contributed by atoms with E-state index in [1.165, 1.54) is 0 Å². The molecule has 0 saturated heterocycles. The summed E-state index contributed by atoms with van der Waals surface area (Å²) in [4.78, 5) is 0. The lowest BCUT2D eigenvalue weighted by Crippen LogP contribution is -2.09. The van der Waals surface area contributed by atoms with Gasteiger partial charge in [-0.2, -0.15) is 0 Å². The van der Waals surface area contributed by atoms with E-state index in [0.29, 0.717) is 6.61 Å². The summed E-state index contributed by atoms with van der Waals surface area (Å²) in [5.74, 6) is 0.153. The van der Waals surface area contributed by atoms with Crippen LogP contribution in [-0.4, -0.2) is 32.5 Å². The lowest BCUT2D eigenvalue weighted by Gasteiger charge is -2.17. The molecule has 3 heteroatoms. The number of rotatable bonds is 6. The lowest BCUT2D eigenvalue weighted by atomic mass is 9.98. The fraction of sp³-hybridized carbons (Fsp3) is 0.538. The van der Waals surface area contributed by atoms with Gasteiger partial charge in [-0.3, -0.25) is 0 Å². The lowest BCUT2D eigenvalue weighted by molar-refractivity contribution is 0.0274. The Bertz CT molecular complexity index is 312. The van der Waals surface area contributed by atoms with Gasteiger partial charge in [0, 0.05) is 26.7 Å². The maximum absolute atomic E-state index is 9.12. The van der Waals surface area contributed by atoms with Gasteiger partial charge < -0.3 is 14.6 Å². The molecule has 0 bridgehead atoms. The minimum Gasteiger partial charge on any atom is -0.396 e. The van der Waals surface area contributed by atoms with E-state index >= 15 is 0 Å². The average Bonchev–Trinajstić information content (AvgIpc) is 2.35. The van der Waals surface area contributed by atoms with E-state index in [9.17, 15) is 0 Å². The molecule has 90 valence electrons. The predicted octanol–water partition coefficient (Wildman–Crippen LogP) is 2.12. The van der Waals surface area contributed by atoms with E-state index in [0.717, 1.165) is 11.1 Å². The zero-order chi connectivity index (χ0) is 12.0. The highest BCUT2D eigenvalue weighted by molar-refractivity contribution is 5.27. The van der Waals surface area contributed by atoms with Gasteiger partial charge in [-0.15, -0.1) is 0 Å². The van der Waals surface area contributed by atoms with E-state index in [1.54, 1.807) is 14.2 Å². The second-order valence-corrected chi connectivity index (χ2v) is 3.93. The Morgan fingerprint density at radius 1 is 1.25 bits per heavy atom. The first-order chi connectivity index (χ1) is 7.72. The highest BCUT2D eigenvalue weighted by atomic mass is 16.5. The number of aliphatic hydroxyl groups excluding tert-OH is 1. The Balaban J connectivity index is 2.87. The Morgan fingerprint density at radius 2 is 1.94 bits per heavy atom. The monoisotopic (exact) mass is 224 g/mol. The van der Waals surface area contributed by atoms with Crippen molar-refractivity contribution >= 4 is 0 Å². The summed E-state index contributed by atoms with van der Waals surface area (Å²) in [6, 6.07) is 8.08. The van der Waals surface area contributed by atoms with Gasteiger partial charge in [0.25, 0.3) is 0 Å². The SMILES string of the molecule is COCC(OC)c1cccc(C(C)CO)c1. The maximum Gasteiger partial charge on any atom is 0.105 e. The van der Waals surface area contributed by atoms with Gasteiger partial charge in [0.2, 0.25) is 0 Å². The average molecular weight is 224 g/mol. The molecule has 0 spiro atoms. The van der Waals surface area contributed by atoms with Crippen molar-refractivity contribution in [3.8, 4) is 0 Å². The standard InChI is InChI=1S/C13H20O3/c1-10(8-14)11-5-4-6-12(7-11)13(16-3)9-15-2/h4-7,10,13-14H,8-9H2,1-3H3. The Hall–Kier alpha value is -0.900. The summed E-state index contributed by atoms with van der Waals surface area (Å²) in [7, 11) is 3.33. The Morgan fingerprint density at radius 3 is 2.50 bits per heavy atom. The highest BCUT2D eigenvalue weighted by Gasteiger charge is 2.12. The molecule has 0 aliphatic rings. The molecular formula is C13H20O3. The summed E-state index contributed by atoms with van der Waals surface area (Å²) >= 11 is 0. The number of hydrogen-bond acceptors (Lipinski definition) is 3. The van der Waals surface area contributed by atoms with Crippen LogP contribution in [0.4, 0.5) is 0 Å². The van der Waals surface area contributed by atoms with Crippen molar-refractivity contribution in [2.24, 2.45) is 0 Å². The van der Waals surface area contributed by atoms with Crippen LogP contribution < -0.4 is 0 Å². The van der Waals surface area contributed by atoms with Crippen molar-refractivity contribution in [3.63, 3.8) is 0 Å². The van der Waals surface area contributed by atoms with Crippen LogP contribution in [0.15, 0.2) is 24.3 Å². The van der Waals surface area contributed by atoms with Gasteiger partial charge in [0.15, 0.2) is 0 Å². The van der Waals surface area contributed by atoms with E-state index in [4.69, 9.17) is 14.6 Å². The van der Waals surface area contributed by atoms with Gasteiger partial charge >= 0.3 is 0 Å². The van der Waals surface area contributed by atoms with Gasteiger partial charge in [0.1, 0.15) is 6.10 Å². The van der Waals surface area contributed by atoms with E-state index < -0.39 is 0 Å². The van der Waals surface area contributed by atoms with Crippen molar-refractivity contribution in [1.82, 2.24) is 0 Å². The third-order valence-electron chi connectivity index (χ3n) is 2.73. The fourth-order valence-electron chi connectivity index (χ4n) is 1.62. The van der Waals surface area contributed by atoms with Gasteiger partial charge in [-0.25, -0.2) is 0 Å². The first-order valence-electron chi connectivity index (χ1n) is 5.45. The molecule has 0 amide bonds. The topological polar surface area (TPSA) is 38.7 Å². The zero-order valence-corrected chi connectivity index (χ0v) is 10.1. The van der Waals surface area contributed by atoms with Crippen molar-refractivity contribution in [3.05, 3.63) is 35.4 Å². The second kappa shape index (κ2) is 6.63. The number of aliphatic hydroxyl groups is 1. The fourth-order valence-corrected chi connectivity index (χ4v) is 1.62. The number of benzene rings is 1. The van der Waals surface area contributed by atoms with Crippen LogP contribution in [0.1, 0.15) is 30.1 Å². The Kier molecular flexibility index (Phi) is 5.46. The molecule has 1 rings (SSSR count). The molecule has 0 aliphatic carbocycles. The van der Waals surface area contributed by atoms with Crippen LogP contribution in [-0.2, 0) is 9.47 Å². The number of ether oxygens (including phenoxy) is 2. The molecule has 1 aromatic carbocycles. The summed E-state index contributed by atoms with van der Waals surface area (Å²) in [6.45, 7) is 2.69. The smallest absolute Gasteiger partial charge is 0.105 e. The predicted molar refractivity (Wildman–Crippen MR) is 63.6 cm³/mol. The highest BCUT2D eigenvalue weighted by Crippen LogP contribution is 2.22. The summed E-state index contributed by atoms with van der Waals surface area (Å²) in [5.41, 5.74) is 2.21. The van der Waals surface area contributed by atoms with Gasteiger partial charge in [-0.1, -0.05) is 31.2 Å². The minimum atomic E-state index is -0.0455. The van der Waals surface area contributed by atoms with Crippen LogP contribution in [0.3, 0.4) is 0 Å². The van der Waals surface area contributed by atoms with E-state index in [2.05, 4.69) is 6.07 Å². The molecule has 0 radical (unpaired) electrons. The number of methoxy groups -OCH3 is 2. The molecule has 0 aliphatic heterocycles. The van der Waals surface area contributed by atoms with Crippen LogP contribution in [0, 0.1) is 0 Å². The summed E-state index contributed by atoms with van der Waals surface area (Å²) in [6.07, 6.45) is -0.0455. The van der Waals surface area contributed by atoms with Crippen molar-refractivity contribution < 1.29 is 14.6 Å². The molecule has 0 fully saturated rings.